The minimum absolute atomic E-state index is 0.0444. The molecule has 1 aromatic heterocycles. The van der Waals surface area contributed by atoms with Crippen LogP contribution in [0.4, 0.5) is 0 Å². The van der Waals surface area contributed by atoms with E-state index in [0.29, 0.717) is 28.4 Å². The lowest BCUT2D eigenvalue weighted by molar-refractivity contribution is -0.140. The number of nitrogens with zero attached hydrogens (tertiary/aromatic N) is 1. The Balaban J connectivity index is 1.62. The number of aliphatic hydroxyl groups is 1. The molecule has 4 aromatic rings. The number of carbonyl (C=O) groups excluding carboxylic acids is 2. The zero-order chi connectivity index (χ0) is 25.9. The van der Waals surface area contributed by atoms with Crippen LogP contribution in [-0.2, 0) is 16.1 Å². The molecule has 37 heavy (non-hydrogen) atoms. The van der Waals surface area contributed by atoms with Crippen LogP contribution in [0.15, 0.2) is 95.9 Å². The summed E-state index contributed by atoms with van der Waals surface area (Å²) in [5.41, 5.74) is 1.95. The Morgan fingerprint density at radius 3 is 2.43 bits per heavy atom. The van der Waals surface area contributed by atoms with Crippen LogP contribution < -0.4 is 9.47 Å². The predicted molar refractivity (Wildman–Crippen MR) is 143 cm³/mol. The monoisotopic (exact) mass is 511 g/mol. The number of benzene rings is 3. The standard InChI is InChI=1S/C30H25NO5S/c1-19-16-21(13-14-25(19)35-2)28(32)26-27(31(30(34)29(26)33)18-24-12-7-15-37-24)20-8-6-11-23(17-20)36-22-9-4-3-5-10-22/h3-17,27,32H,18H2,1-2H3/b28-26+. The molecule has 0 radical (unpaired) electrons. The summed E-state index contributed by atoms with van der Waals surface area (Å²) >= 11 is 1.50. The molecule has 3 aromatic carbocycles. The number of ketones is 1. The molecule has 186 valence electrons. The van der Waals surface area contributed by atoms with Gasteiger partial charge in [0.15, 0.2) is 0 Å². The maximum Gasteiger partial charge on any atom is 0.295 e. The third-order valence-corrected chi connectivity index (χ3v) is 7.13. The molecule has 1 aliphatic rings. The van der Waals surface area contributed by atoms with Gasteiger partial charge in [-0.25, -0.2) is 0 Å². The van der Waals surface area contributed by atoms with Gasteiger partial charge in [-0.2, -0.15) is 0 Å². The highest BCUT2D eigenvalue weighted by Gasteiger charge is 2.46. The van der Waals surface area contributed by atoms with E-state index in [2.05, 4.69) is 0 Å². The fourth-order valence-electron chi connectivity index (χ4n) is 4.51. The number of amides is 1. The molecule has 0 spiro atoms. The largest absolute Gasteiger partial charge is 0.507 e. The zero-order valence-electron chi connectivity index (χ0n) is 20.4. The van der Waals surface area contributed by atoms with Gasteiger partial charge in [-0.3, -0.25) is 9.59 Å². The Bertz CT molecular complexity index is 1480. The van der Waals surface area contributed by atoms with Crippen molar-refractivity contribution >= 4 is 28.8 Å². The number of thiophene rings is 1. The number of hydrogen-bond acceptors (Lipinski definition) is 6. The lowest BCUT2D eigenvalue weighted by Gasteiger charge is -2.25. The number of methoxy groups -OCH3 is 1. The third-order valence-electron chi connectivity index (χ3n) is 6.27. The van der Waals surface area contributed by atoms with Gasteiger partial charge in [0.05, 0.1) is 25.3 Å². The molecule has 0 saturated carbocycles. The first kappa shape index (κ1) is 24.3. The van der Waals surface area contributed by atoms with Gasteiger partial charge < -0.3 is 19.5 Å². The van der Waals surface area contributed by atoms with E-state index in [1.165, 1.54) is 16.2 Å². The summed E-state index contributed by atoms with van der Waals surface area (Å²) in [4.78, 5) is 29.1. The number of likely N-dealkylation sites (tertiary alicyclic amines) is 1. The van der Waals surface area contributed by atoms with Gasteiger partial charge in [0.25, 0.3) is 11.7 Å². The summed E-state index contributed by atoms with van der Waals surface area (Å²) in [6.07, 6.45) is 0. The number of para-hydroxylation sites is 1. The van der Waals surface area contributed by atoms with Gasteiger partial charge >= 0.3 is 0 Å². The number of aliphatic hydroxyl groups excluding tert-OH is 1. The number of aryl methyl sites for hydroxylation is 1. The summed E-state index contributed by atoms with van der Waals surface area (Å²) in [6.45, 7) is 2.10. The Kier molecular flexibility index (Phi) is 6.79. The van der Waals surface area contributed by atoms with E-state index in [1.54, 1.807) is 31.4 Å². The summed E-state index contributed by atoms with van der Waals surface area (Å²) in [6, 6.07) is 24.8. The molecule has 0 bridgehead atoms. The van der Waals surface area contributed by atoms with E-state index < -0.39 is 17.7 Å². The van der Waals surface area contributed by atoms with E-state index in [0.717, 1.165) is 10.4 Å². The highest BCUT2D eigenvalue weighted by Crippen LogP contribution is 2.42. The molecule has 1 atom stereocenters. The van der Waals surface area contributed by atoms with Crippen molar-refractivity contribution in [2.24, 2.45) is 0 Å². The second-order valence-electron chi connectivity index (χ2n) is 8.68. The molecule has 1 fully saturated rings. The van der Waals surface area contributed by atoms with Crippen LogP contribution in [0.25, 0.3) is 5.76 Å². The molecule has 1 saturated heterocycles. The predicted octanol–water partition coefficient (Wildman–Crippen LogP) is 6.48. The fraction of sp³-hybridized carbons (Fsp3) is 0.133. The molecule has 2 heterocycles. The van der Waals surface area contributed by atoms with Crippen LogP contribution in [0.3, 0.4) is 0 Å². The zero-order valence-corrected chi connectivity index (χ0v) is 21.2. The van der Waals surface area contributed by atoms with Crippen molar-refractivity contribution in [3.63, 3.8) is 0 Å². The van der Waals surface area contributed by atoms with E-state index in [4.69, 9.17) is 9.47 Å². The molecule has 7 heteroatoms. The number of hydrogen-bond donors (Lipinski definition) is 1. The van der Waals surface area contributed by atoms with Crippen molar-refractivity contribution in [1.29, 1.82) is 0 Å². The number of carbonyl (C=O) groups is 2. The molecule has 1 N–H and O–H groups in total. The highest BCUT2D eigenvalue weighted by atomic mass is 32.1. The van der Waals surface area contributed by atoms with Gasteiger partial charge in [-0.1, -0.05) is 36.4 Å². The average molecular weight is 512 g/mol. The average Bonchev–Trinajstić information content (AvgIpc) is 3.51. The van der Waals surface area contributed by atoms with Crippen molar-refractivity contribution in [1.82, 2.24) is 4.90 Å². The topological polar surface area (TPSA) is 76.1 Å². The van der Waals surface area contributed by atoms with Gasteiger partial charge in [0, 0.05) is 10.4 Å². The Hall–Kier alpha value is -4.36. The smallest absolute Gasteiger partial charge is 0.295 e. The summed E-state index contributed by atoms with van der Waals surface area (Å²) < 4.78 is 11.3. The summed E-state index contributed by atoms with van der Waals surface area (Å²) in [7, 11) is 1.57. The number of Topliss-reactive ketones (excluding diaryl/α,β-unsaturated/α-hetero) is 1. The van der Waals surface area contributed by atoms with E-state index in [-0.39, 0.29) is 17.9 Å². The first-order chi connectivity index (χ1) is 18.0. The van der Waals surface area contributed by atoms with Crippen molar-refractivity contribution in [2.75, 3.05) is 7.11 Å². The van der Waals surface area contributed by atoms with Crippen molar-refractivity contribution in [3.05, 3.63) is 117 Å². The van der Waals surface area contributed by atoms with E-state index >= 15 is 0 Å². The van der Waals surface area contributed by atoms with E-state index in [9.17, 15) is 14.7 Å². The molecule has 1 unspecified atom stereocenters. The van der Waals surface area contributed by atoms with Crippen LogP contribution in [0, 0.1) is 6.92 Å². The maximum absolute atomic E-state index is 13.4. The van der Waals surface area contributed by atoms with Crippen molar-refractivity contribution in [3.8, 4) is 17.2 Å². The minimum atomic E-state index is -0.788. The third kappa shape index (κ3) is 4.86. The second kappa shape index (κ2) is 10.3. The van der Waals surface area contributed by atoms with Crippen LogP contribution in [0.1, 0.15) is 27.6 Å². The molecular weight excluding hydrogens is 486 g/mol. The Labute approximate surface area is 219 Å². The maximum atomic E-state index is 13.4. The Morgan fingerprint density at radius 1 is 0.946 bits per heavy atom. The molecule has 0 aliphatic carbocycles. The van der Waals surface area contributed by atoms with Gasteiger partial charge in [-0.15, -0.1) is 11.3 Å². The van der Waals surface area contributed by atoms with Gasteiger partial charge in [0.1, 0.15) is 23.0 Å². The summed E-state index contributed by atoms with van der Waals surface area (Å²) in [5, 5.41) is 13.3. The Morgan fingerprint density at radius 2 is 1.73 bits per heavy atom. The van der Waals surface area contributed by atoms with Crippen LogP contribution in [-0.4, -0.2) is 28.8 Å². The van der Waals surface area contributed by atoms with Gasteiger partial charge in [-0.05, 0) is 72.0 Å². The van der Waals surface area contributed by atoms with Crippen molar-refractivity contribution in [2.45, 2.75) is 19.5 Å². The SMILES string of the molecule is COc1ccc(/C(O)=C2\C(=O)C(=O)N(Cc3cccs3)C2c2cccc(Oc3ccccc3)c2)cc1C. The first-order valence-corrected chi connectivity index (χ1v) is 12.6. The lowest BCUT2D eigenvalue weighted by atomic mass is 9.94. The molecule has 1 aliphatic heterocycles. The van der Waals surface area contributed by atoms with Crippen molar-refractivity contribution < 1.29 is 24.2 Å². The number of rotatable bonds is 7. The molecule has 6 nitrogen and oxygen atoms in total. The number of ether oxygens (including phenoxy) is 2. The normalized spacial score (nSPS) is 16.7. The second-order valence-corrected chi connectivity index (χ2v) is 9.71. The van der Waals surface area contributed by atoms with Crippen LogP contribution >= 0.6 is 11.3 Å². The minimum Gasteiger partial charge on any atom is -0.507 e. The highest BCUT2D eigenvalue weighted by molar-refractivity contribution is 7.09. The lowest BCUT2D eigenvalue weighted by Crippen LogP contribution is -2.28. The first-order valence-electron chi connectivity index (χ1n) is 11.7. The van der Waals surface area contributed by atoms with Gasteiger partial charge in [0.2, 0.25) is 0 Å². The summed E-state index contributed by atoms with van der Waals surface area (Å²) in [5.74, 6) is 0.294. The quantitative estimate of drug-likeness (QED) is 0.175. The molecule has 5 rings (SSSR count). The van der Waals surface area contributed by atoms with E-state index in [1.807, 2.05) is 73.0 Å². The fourth-order valence-corrected chi connectivity index (χ4v) is 5.22. The van der Waals surface area contributed by atoms with Crippen LogP contribution in [0.2, 0.25) is 0 Å². The molecule has 1 amide bonds. The van der Waals surface area contributed by atoms with Crippen LogP contribution in [0.5, 0.6) is 17.2 Å². The molecular formula is C30H25NO5S.